The molecule has 0 bridgehead atoms. The Morgan fingerprint density at radius 1 is 1.03 bits per heavy atom. The first kappa shape index (κ1) is 21.4. The second kappa shape index (κ2) is 7.67. The number of fused-ring (bicyclic) bond motifs is 1. The third-order valence-electron chi connectivity index (χ3n) is 5.30. The number of carbonyl (C=O) groups excluding carboxylic acids is 2. The molecule has 0 saturated heterocycles. The summed E-state index contributed by atoms with van der Waals surface area (Å²) >= 11 is 0. The van der Waals surface area contributed by atoms with E-state index in [-0.39, 0.29) is 11.3 Å². The summed E-state index contributed by atoms with van der Waals surface area (Å²) in [6, 6.07) is 19.6. The number of hydrogen-bond donors (Lipinski definition) is 2. The Morgan fingerprint density at radius 2 is 1.69 bits per heavy atom. The molecule has 32 heavy (non-hydrogen) atoms. The van der Waals surface area contributed by atoms with Crippen molar-refractivity contribution in [2.75, 3.05) is 5.01 Å². The van der Waals surface area contributed by atoms with Crippen molar-refractivity contribution in [3.05, 3.63) is 72.3 Å². The van der Waals surface area contributed by atoms with Crippen LogP contribution in [0.25, 0.3) is 10.8 Å². The fourth-order valence-electron chi connectivity index (χ4n) is 3.86. The van der Waals surface area contributed by atoms with E-state index in [2.05, 4.69) is 10.4 Å². The quantitative estimate of drug-likeness (QED) is 0.629. The fraction of sp³-hybridized carbons (Fsp3) is 0.240. The number of para-hydroxylation sites is 1. The summed E-state index contributed by atoms with van der Waals surface area (Å²) in [4.78, 5) is 26.7. The molecule has 3 aromatic carbocycles. The predicted octanol–water partition coefficient (Wildman–Crippen LogP) is 4.69. The average molecular weight is 431 g/mol. The number of nitrogens with zero attached hydrogens (tertiary/aromatic N) is 2. The van der Waals surface area contributed by atoms with Gasteiger partial charge >= 0.3 is 6.09 Å². The van der Waals surface area contributed by atoms with Crippen LogP contribution in [0.5, 0.6) is 5.75 Å². The van der Waals surface area contributed by atoms with E-state index in [1.807, 2.05) is 18.2 Å². The second-order valence-corrected chi connectivity index (χ2v) is 8.70. The van der Waals surface area contributed by atoms with Gasteiger partial charge in [-0.2, -0.15) is 10.1 Å². The maximum absolute atomic E-state index is 13.9. The molecule has 0 aliphatic carbocycles. The number of carbonyl (C=O) groups is 2. The van der Waals surface area contributed by atoms with E-state index in [4.69, 9.17) is 4.74 Å². The Kier molecular flexibility index (Phi) is 5.12. The van der Waals surface area contributed by atoms with E-state index in [0.29, 0.717) is 16.8 Å². The molecule has 0 saturated carbocycles. The maximum atomic E-state index is 13.9. The van der Waals surface area contributed by atoms with Gasteiger partial charge in [0.05, 0.1) is 11.4 Å². The van der Waals surface area contributed by atoms with Crippen LogP contribution in [0.15, 0.2) is 71.8 Å². The lowest BCUT2D eigenvalue weighted by molar-refractivity contribution is -0.122. The first-order chi connectivity index (χ1) is 15.1. The van der Waals surface area contributed by atoms with Gasteiger partial charge in [-0.05, 0) is 45.2 Å². The number of hydrazone groups is 1. The van der Waals surface area contributed by atoms with Gasteiger partial charge in [-0.1, -0.05) is 54.6 Å². The Bertz CT molecular complexity index is 1230. The smallest absolute Gasteiger partial charge is 0.409 e. The van der Waals surface area contributed by atoms with Gasteiger partial charge in [-0.3, -0.25) is 10.1 Å². The molecule has 1 heterocycles. The van der Waals surface area contributed by atoms with Crippen molar-refractivity contribution in [3.63, 3.8) is 0 Å². The molecule has 164 valence electrons. The zero-order valence-electron chi connectivity index (χ0n) is 18.4. The van der Waals surface area contributed by atoms with Crippen LogP contribution in [0.3, 0.4) is 0 Å². The van der Waals surface area contributed by atoms with Crippen molar-refractivity contribution < 1.29 is 19.4 Å². The lowest BCUT2D eigenvalue weighted by atomic mass is 9.83. The molecule has 7 nitrogen and oxygen atoms in total. The van der Waals surface area contributed by atoms with Crippen molar-refractivity contribution in [3.8, 4) is 5.75 Å². The molecular formula is C25H25N3O4. The molecule has 1 aliphatic heterocycles. The summed E-state index contributed by atoms with van der Waals surface area (Å²) in [7, 11) is 0. The first-order valence-corrected chi connectivity index (χ1v) is 10.3. The highest BCUT2D eigenvalue weighted by molar-refractivity contribution is 6.24. The van der Waals surface area contributed by atoms with Crippen molar-refractivity contribution in [1.29, 1.82) is 0 Å². The van der Waals surface area contributed by atoms with Crippen molar-refractivity contribution in [1.82, 2.24) is 5.32 Å². The molecular weight excluding hydrogens is 406 g/mol. The van der Waals surface area contributed by atoms with E-state index < -0.39 is 23.1 Å². The summed E-state index contributed by atoms with van der Waals surface area (Å²) in [6.07, 6.45) is -0.789. The highest BCUT2D eigenvalue weighted by Crippen LogP contribution is 2.41. The lowest BCUT2D eigenvalue weighted by Gasteiger charge is -2.32. The molecule has 2 N–H and O–H groups in total. The number of nitrogens with one attached hydrogen (secondary N) is 1. The minimum absolute atomic E-state index is 0.100. The number of rotatable bonds is 3. The van der Waals surface area contributed by atoms with Crippen LogP contribution in [0, 0.1) is 0 Å². The monoisotopic (exact) mass is 431 g/mol. The third kappa shape index (κ3) is 3.56. The van der Waals surface area contributed by atoms with Crippen LogP contribution in [-0.4, -0.2) is 28.4 Å². The van der Waals surface area contributed by atoms with Crippen LogP contribution >= 0.6 is 0 Å². The third-order valence-corrected chi connectivity index (χ3v) is 5.30. The van der Waals surface area contributed by atoms with Gasteiger partial charge in [0.25, 0.3) is 5.91 Å². The summed E-state index contributed by atoms with van der Waals surface area (Å²) in [6.45, 7) is 6.86. The number of ether oxygens (including phenoxy) is 1. The van der Waals surface area contributed by atoms with E-state index in [1.54, 1.807) is 76.2 Å². The zero-order chi connectivity index (χ0) is 23.1. The van der Waals surface area contributed by atoms with E-state index >= 15 is 0 Å². The van der Waals surface area contributed by atoms with Gasteiger partial charge < -0.3 is 9.84 Å². The predicted molar refractivity (Wildman–Crippen MR) is 124 cm³/mol. The summed E-state index contributed by atoms with van der Waals surface area (Å²) in [5.41, 5.74) is -1.42. The number of amides is 2. The second-order valence-electron chi connectivity index (χ2n) is 8.70. The summed E-state index contributed by atoms with van der Waals surface area (Å²) < 4.78 is 5.45. The minimum atomic E-state index is -1.73. The van der Waals surface area contributed by atoms with Gasteiger partial charge in [0, 0.05) is 10.9 Å². The van der Waals surface area contributed by atoms with Gasteiger partial charge in [0.15, 0.2) is 5.54 Å². The number of aromatic hydroxyl groups is 1. The summed E-state index contributed by atoms with van der Waals surface area (Å²) in [5.74, 6) is -0.616. The molecule has 4 rings (SSSR count). The molecule has 0 unspecified atom stereocenters. The molecule has 0 aromatic heterocycles. The van der Waals surface area contributed by atoms with Gasteiger partial charge in [0.2, 0.25) is 0 Å². The van der Waals surface area contributed by atoms with E-state index in [9.17, 15) is 14.7 Å². The lowest BCUT2D eigenvalue weighted by Crippen LogP contribution is -2.57. The van der Waals surface area contributed by atoms with Crippen molar-refractivity contribution >= 4 is 34.2 Å². The van der Waals surface area contributed by atoms with Gasteiger partial charge in [0.1, 0.15) is 11.4 Å². The average Bonchev–Trinajstić information content (AvgIpc) is 2.99. The number of benzene rings is 3. The van der Waals surface area contributed by atoms with Crippen LogP contribution < -0.4 is 10.3 Å². The topological polar surface area (TPSA) is 91.2 Å². The van der Waals surface area contributed by atoms with E-state index in [1.165, 1.54) is 5.01 Å². The molecule has 7 heteroatoms. The molecule has 0 spiro atoms. The molecule has 1 aliphatic rings. The molecule has 1 atom stereocenters. The number of phenols is 1. The van der Waals surface area contributed by atoms with Crippen molar-refractivity contribution in [2.45, 2.75) is 38.8 Å². The van der Waals surface area contributed by atoms with Gasteiger partial charge in [-0.25, -0.2) is 4.79 Å². The first-order valence-electron chi connectivity index (χ1n) is 10.3. The van der Waals surface area contributed by atoms with Crippen molar-refractivity contribution in [2.24, 2.45) is 5.10 Å². The van der Waals surface area contributed by atoms with Crippen LogP contribution in [0.2, 0.25) is 0 Å². The Morgan fingerprint density at radius 3 is 2.38 bits per heavy atom. The SMILES string of the molecule is CC1=NN(c2ccccc2)C(=O)[C@]1(NC(=O)OC(C)(C)C)c1ccc2ccccc2c1O. The van der Waals surface area contributed by atoms with Crippen LogP contribution in [0.1, 0.15) is 33.3 Å². The Hall–Kier alpha value is -3.87. The molecule has 3 aromatic rings. The maximum Gasteiger partial charge on any atom is 0.409 e. The molecule has 0 radical (unpaired) electrons. The number of phenolic OH excluding ortho intramolecular Hbond substituents is 1. The molecule has 2 amide bonds. The molecule has 0 fully saturated rings. The highest BCUT2D eigenvalue weighted by Gasteiger charge is 2.54. The normalized spacial score (nSPS) is 18.6. The number of alkyl carbamates (subject to hydrolysis) is 1. The van der Waals surface area contributed by atoms with Gasteiger partial charge in [-0.15, -0.1) is 0 Å². The minimum Gasteiger partial charge on any atom is -0.507 e. The number of hydrogen-bond acceptors (Lipinski definition) is 5. The number of anilines is 1. The highest BCUT2D eigenvalue weighted by atomic mass is 16.6. The largest absolute Gasteiger partial charge is 0.507 e. The summed E-state index contributed by atoms with van der Waals surface area (Å²) in [5, 5.41) is 21.0. The fourth-order valence-corrected chi connectivity index (χ4v) is 3.86. The Balaban J connectivity index is 1.89. The van der Waals surface area contributed by atoms with Crippen LogP contribution in [0.4, 0.5) is 10.5 Å². The van der Waals surface area contributed by atoms with Crippen LogP contribution in [-0.2, 0) is 15.1 Å². The Labute approximate surface area is 186 Å². The zero-order valence-corrected chi connectivity index (χ0v) is 18.4. The standard InChI is InChI=1S/C25H25N3O4/c1-16-25(26-23(31)32-24(2,3)4,22(30)28(27-16)18-11-6-5-7-12-18)20-15-14-17-10-8-9-13-19(17)21(20)29/h5-15,29H,1-4H3,(H,26,31)/t25-/m1/s1. The van der Waals surface area contributed by atoms with E-state index in [0.717, 1.165) is 5.39 Å².